The first kappa shape index (κ1) is 13.6. The fourth-order valence-corrected chi connectivity index (χ4v) is 2.56. The third-order valence-corrected chi connectivity index (χ3v) is 3.63. The molecule has 21 heavy (non-hydrogen) atoms. The molecule has 1 heterocycles. The number of fused-ring (bicyclic) bond motifs is 1. The van der Waals surface area contributed by atoms with E-state index in [0.717, 1.165) is 11.1 Å². The number of benzene rings is 2. The van der Waals surface area contributed by atoms with Crippen molar-refractivity contribution < 1.29 is 4.42 Å². The van der Waals surface area contributed by atoms with Crippen molar-refractivity contribution in [1.82, 2.24) is 5.32 Å². The highest BCUT2D eigenvalue weighted by molar-refractivity contribution is 5.83. The van der Waals surface area contributed by atoms with Gasteiger partial charge in [0.1, 0.15) is 11.3 Å². The summed E-state index contributed by atoms with van der Waals surface area (Å²) < 4.78 is 6.10. The van der Waals surface area contributed by atoms with Crippen LogP contribution in [0.1, 0.15) is 11.1 Å². The van der Waals surface area contributed by atoms with E-state index < -0.39 is 0 Å². The second kappa shape index (κ2) is 5.54. The first-order valence-electron chi connectivity index (χ1n) is 6.97. The van der Waals surface area contributed by atoms with E-state index in [2.05, 4.69) is 5.32 Å². The van der Waals surface area contributed by atoms with Crippen LogP contribution in [0.4, 0.5) is 0 Å². The molecule has 2 aromatic carbocycles. The molecule has 106 valence electrons. The molecule has 0 spiro atoms. The Labute approximate surface area is 123 Å². The average Bonchev–Trinajstić information content (AvgIpc) is 2.52. The third-order valence-electron chi connectivity index (χ3n) is 3.63. The maximum atomic E-state index is 12.6. The minimum Gasteiger partial charge on any atom is -0.455 e. The van der Waals surface area contributed by atoms with E-state index in [9.17, 15) is 4.79 Å². The average molecular weight is 279 g/mol. The van der Waals surface area contributed by atoms with Gasteiger partial charge in [0.25, 0.3) is 0 Å². The van der Waals surface area contributed by atoms with Crippen molar-refractivity contribution in [3.05, 3.63) is 69.9 Å². The first-order valence-corrected chi connectivity index (χ1v) is 6.97. The highest BCUT2D eigenvalue weighted by atomic mass is 16.3. The van der Waals surface area contributed by atoms with E-state index in [1.54, 1.807) is 0 Å². The third kappa shape index (κ3) is 2.36. The van der Waals surface area contributed by atoms with Crippen LogP contribution < -0.4 is 10.7 Å². The summed E-state index contributed by atoms with van der Waals surface area (Å²) >= 11 is 0. The van der Waals surface area contributed by atoms with Crippen molar-refractivity contribution in [2.45, 2.75) is 13.5 Å². The van der Waals surface area contributed by atoms with Crippen LogP contribution >= 0.6 is 0 Å². The van der Waals surface area contributed by atoms with Crippen LogP contribution in [-0.2, 0) is 6.54 Å². The molecule has 0 saturated carbocycles. The van der Waals surface area contributed by atoms with Gasteiger partial charge in [0, 0.05) is 23.2 Å². The van der Waals surface area contributed by atoms with E-state index in [0.29, 0.717) is 28.8 Å². The zero-order chi connectivity index (χ0) is 14.8. The maximum Gasteiger partial charge on any atom is 0.196 e. The quantitative estimate of drug-likeness (QED) is 0.798. The molecule has 3 heteroatoms. The highest BCUT2D eigenvalue weighted by Gasteiger charge is 2.14. The lowest BCUT2D eigenvalue weighted by Crippen LogP contribution is -2.10. The molecule has 1 aromatic heterocycles. The van der Waals surface area contributed by atoms with Crippen LogP contribution in [-0.4, -0.2) is 7.05 Å². The summed E-state index contributed by atoms with van der Waals surface area (Å²) in [5.74, 6) is 0.650. The minimum absolute atomic E-state index is 0.0352. The van der Waals surface area contributed by atoms with Crippen LogP contribution in [0.25, 0.3) is 22.3 Å². The molecule has 0 aliphatic rings. The van der Waals surface area contributed by atoms with E-state index in [1.165, 1.54) is 0 Å². The molecular formula is C18H17NO2. The van der Waals surface area contributed by atoms with E-state index >= 15 is 0 Å². The van der Waals surface area contributed by atoms with Crippen LogP contribution in [0.2, 0.25) is 0 Å². The fraction of sp³-hybridized carbons (Fsp3) is 0.167. The van der Waals surface area contributed by atoms with Gasteiger partial charge in [0.05, 0.1) is 5.39 Å². The summed E-state index contributed by atoms with van der Waals surface area (Å²) in [4.78, 5) is 12.6. The molecule has 1 N–H and O–H groups in total. The molecule has 0 aliphatic heterocycles. The highest BCUT2D eigenvalue weighted by Crippen LogP contribution is 2.27. The van der Waals surface area contributed by atoms with E-state index in [-0.39, 0.29) is 5.43 Å². The van der Waals surface area contributed by atoms with Crippen molar-refractivity contribution in [3.63, 3.8) is 0 Å². The predicted octanol–water partition coefficient (Wildman–Crippen LogP) is 3.49. The van der Waals surface area contributed by atoms with Gasteiger partial charge in [-0.2, -0.15) is 0 Å². The number of rotatable bonds is 3. The molecule has 0 aliphatic carbocycles. The molecule has 0 radical (unpaired) electrons. The lowest BCUT2D eigenvalue weighted by atomic mass is 10.0. The van der Waals surface area contributed by atoms with Crippen LogP contribution in [0, 0.1) is 6.92 Å². The van der Waals surface area contributed by atoms with Crippen LogP contribution in [0.3, 0.4) is 0 Å². The summed E-state index contributed by atoms with van der Waals surface area (Å²) in [5.41, 5.74) is 3.27. The Morgan fingerprint density at radius 2 is 1.81 bits per heavy atom. The summed E-state index contributed by atoms with van der Waals surface area (Å²) in [5, 5.41) is 3.75. The zero-order valence-corrected chi connectivity index (χ0v) is 12.1. The molecule has 0 atom stereocenters. The second-order valence-electron chi connectivity index (χ2n) is 5.08. The Balaban J connectivity index is 2.35. The van der Waals surface area contributed by atoms with Gasteiger partial charge in [-0.3, -0.25) is 4.79 Å². The van der Waals surface area contributed by atoms with E-state index in [4.69, 9.17) is 4.42 Å². The lowest BCUT2D eigenvalue weighted by Gasteiger charge is -2.10. The summed E-state index contributed by atoms with van der Waals surface area (Å²) in [6.07, 6.45) is 0. The number of hydrogen-bond acceptors (Lipinski definition) is 3. The molecule has 0 bridgehead atoms. The van der Waals surface area contributed by atoms with Crippen molar-refractivity contribution in [2.75, 3.05) is 7.05 Å². The van der Waals surface area contributed by atoms with Crippen molar-refractivity contribution >= 4 is 11.0 Å². The largest absolute Gasteiger partial charge is 0.455 e. The Hall–Kier alpha value is -2.39. The van der Waals surface area contributed by atoms with Gasteiger partial charge in [0.2, 0.25) is 0 Å². The second-order valence-corrected chi connectivity index (χ2v) is 5.08. The van der Waals surface area contributed by atoms with Gasteiger partial charge < -0.3 is 9.73 Å². The number of hydrogen-bond donors (Lipinski definition) is 1. The molecule has 3 aromatic rings. The Kier molecular flexibility index (Phi) is 3.59. The Bertz CT molecular complexity index is 835. The maximum absolute atomic E-state index is 12.6. The van der Waals surface area contributed by atoms with Crippen molar-refractivity contribution in [2.24, 2.45) is 0 Å². The molecular weight excluding hydrogens is 262 g/mol. The van der Waals surface area contributed by atoms with Gasteiger partial charge in [-0.05, 0) is 20.0 Å². The smallest absolute Gasteiger partial charge is 0.196 e. The minimum atomic E-state index is 0.0352. The zero-order valence-electron chi connectivity index (χ0n) is 12.1. The van der Waals surface area contributed by atoms with Gasteiger partial charge in [-0.25, -0.2) is 0 Å². The first-order chi connectivity index (χ1) is 10.2. The standard InChI is InChI=1S/C18H17NO2/c1-12-16(20)15-10-6-9-14(11-19-2)18(15)21-17(12)13-7-4-3-5-8-13/h3-10,19H,11H2,1-2H3. The summed E-state index contributed by atoms with van der Waals surface area (Å²) in [6.45, 7) is 2.48. The van der Waals surface area contributed by atoms with Gasteiger partial charge in [0.15, 0.2) is 5.43 Å². The Morgan fingerprint density at radius 1 is 1.05 bits per heavy atom. The molecule has 0 amide bonds. The predicted molar refractivity (Wildman–Crippen MR) is 85.4 cm³/mol. The van der Waals surface area contributed by atoms with Gasteiger partial charge in [-0.1, -0.05) is 42.5 Å². The molecule has 0 fully saturated rings. The fourth-order valence-electron chi connectivity index (χ4n) is 2.56. The van der Waals surface area contributed by atoms with Crippen LogP contribution in [0.5, 0.6) is 0 Å². The molecule has 0 unspecified atom stereocenters. The van der Waals surface area contributed by atoms with Crippen LogP contribution in [0.15, 0.2) is 57.7 Å². The Morgan fingerprint density at radius 3 is 2.52 bits per heavy atom. The molecule has 3 rings (SSSR count). The summed E-state index contributed by atoms with van der Waals surface area (Å²) in [7, 11) is 1.88. The van der Waals surface area contributed by atoms with E-state index in [1.807, 2.05) is 62.5 Å². The number of nitrogens with one attached hydrogen (secondary N) is 1. The topological polar surface area (TPSA) is 42.2 Å². The molecule has 3 nitrogen and oxygen atoms in total. The van der Waals surface area contributed by atoms with Gasteiger partial charge in [-0.15, -0.1) is 0 Å². The normalized spacial score (nSPS) is 11.0. The van der Waals surface area contributed by atoms with Crippen molar-refractivity contribution in [3.8, 4) is 11.3 Å². The monoisotopic (exact) mass is 279 g/mol. The van der Waals surface area contributed by atoms with Crippen molar-refractivity contribution in [1.29, 1.82) is 0 Å². The lowest BCUT2D eigenvalue weighted by molar-refractivity contribution is 0.606. The molecule has 0 saturated heterocycles. The van der Waals surface area contributed by atoms with Gasteiger partial charge >= 0.3 is 0 Å². The number of para-hydroxylation sites is 1. The summed E-state index contributed by atoms with van der Waals surface area (Å²) in [6, 6.07) is 15.4. The SMILES string of the molecule is CNCc1cccc2c(=O)c(C)c(-c3ccccc3)oc12.